The van der Waals surface area contributed by atoms with E-state index in [4.69, 9.17) is 4.74 Å². The smallest absolute Gasteiger partial charge is 0.339 e. The van der Waals surface area contributed by atoms with Crippen LogP contribution in [0.25, 0.3) is 0 Å². The minimum atomic E-state index is -0.822. The summed E-state index contributed by atoms with van der Waals surface area (Å²) >= 11 is 0. The highest BCUT2D eigenvalue weighted by molar-refractivity contribution is 6.14. The van der Waals surface area contributed by atoms with Crippen LogP contribution < -0.4 is 10.6 Å². The molecule has 0 saturated heterocycles. The molecule has 2 aromatic carbocycles. The lowest BCUT2D eigenvalue weighted by Crippen LogP contribution is -2.42. The predicted octanol–water partition coefficient (Wildman–Crippen LogP) is 2.56. The van der Waals surface area contributed by atoms with Gasteiger partial charge in [-0.15, -0.1) is 0 Å². The van der Waals surface area contributed by atoms with Crippen LogP contribution in [0, 0.1) is 5.92 Å². The molecule has 0 bridgehead atoms. The third-order valence-corrected chi connectivity index (χ3v) is 3.69. The molecule has 0 heterocycles. The molecule has 2 aromatic rings. The minimum Gasteiger partial charge on any atom is -0.452 e. The van der Waals surface area contributed by atoms with E-state index >= 15 is 0 Å². The van der Waals surface area contributed by atoms with E-state index in [-0.39, 0.29) is 22.8 Å². The Morgan fingerprint density at radius 3 is 2.14 bits per heavy atom. The van der Waals surface area contributed by atoms with Crippen LogP contribution in [0.4, 0.5) is 4.79 Å². The Labute approximate surface area is 163 Å². The van der Waals surface area contributed by atoms with E-state index in [9.17, 15) is 19.2 Å². The van der Waals surface area contributed by atoms with Crippen LogP contribution in [0.1, 0.15) is 40.1 Å². The van der Waals surface area contributed by atoms with E-state index < -0.39 is 24.5 Å². The average Bonchev–Trinajstić information content (AvgIpc) is 2.70. The van der Waals surface area contributed by atoms with Crippen molar-refractivity contribution in [3.05, 3.63) is 71.3 Å². The van der Waals surface area contributed by atoms with Gasteiger partial charge in [0.25, 0.3) is 5.91 Å². The lowest BCUT2D eigenvalue weighted by atomic mass is 9.98. The van der Waals surface area contributed by atoms with Gasteiger partial charge in [-0.1, -0.05) is 62.4 Å². The maximum atomic E-state index is 12.6. The predicted molar refractivity (Wildman–Crippen MR) is 103 cm³/mol. The van der Waals surface area contributed by atoms with Gasteiger partial charge in [0.15, 0.2) is 12.4 Å². The van der Waals surface area contributed by atoms with Crippen molar-refractivity contribution in [1.29, 1.82) is 0 Å². The number of imide groups is 1. The number of esters is 1. The van der Waals surface area contributed by atoms with E-state index in [1.54, 1.807) is 42.5 Å². The molecule has 7 heteroatoms. The maximum Gasteiger partial charge on any atom is 0.339 e. The molecular weight excluding hydrogens is 360 g/mol. The first-order valence-electron chi connectivity index (χ1n) is 8.82. The highest BCUT2D eigenvalue weighted by atomic mass is 16.5. The van der Waals surface area contributed by atoms with Gasteiger partial charge in [-0.05, 0) is 12.0 Å². The number of hydrogen-bond donors (Lipinski definition) is 2. The summed E-state index contributed by atoms with van der Waals surface area (Å²) in [4.78, 5) is 48.3. The van der Waals surface area contributed by atoms with Crippen LogP contribution in [-0.4, -0.2) is 36.8 Å². The number of hydrogen-bond acceptors (Lipinski definition) is 5. The molecule has 28 heavy (non-hydrogen) atoms. The molecule has 0 aliphatic rings. The number of carbonyl (C=O) groups is 4. The summed E-state index contributed by atoms with van der Waals surface area (Å²) in [6.07, 6.45) is 0. The second-order valence-corrected chi connectivity index (χ2v) is 6.47. The fraction of sp³-hybridized carbons (Fsp3) is 0.238. The lowest BCUT2D eigenvalue weighted by Gasteiger charge is -2.10. The third-order valence-electron chi connectivity index (χ3n) is 3.69. The van der Waals surface area contributed by atoms with E-state index in [0.717, 1.165) is 0 Å². The zero-order valence-electron chi connectivity index (χ0n) is 15.7. The van der Waals surface area contributed by atoms with Gasteiger partial charge in [-0.25, -0.2) is 9.59 Å². The fourth-order valence-corrected chi connectivity index (χ4v) is 2.32. The Kier molecular flexibility index (Phi) is 7.45. The molecule has 0 saturated carbocycles. The molecule has 2 N–H and O–H groups in total. The monoisotopic (exact) mass is 382 g/mol. The number of urea groups is 1. The number of ether oxygens (including phenoxy) is 1. The van der Waals surface area contributed by atoms with Crippen molar-refractivity contribution < 1.29 is 23.9 Å². The summed E-state index contributed by atoms with van der Waals surface area (Å²) < 4.78 is 4.96. The fourth-order valence-electron chi connectivity index (χ4n) is 2.32. The number of benzene rings is 2. The second kappa shape index (κ2) is 10.0. The van der Waals surface area contributed by atoms with Crippen LogP contribution in [0.15, 0.2) is 54.6 Å². The standard InChI is InChI=1S/C21H22N2O5/c1-14(2)12-22-21(27)23-18(24)13-28-20(26)17-11-7-6-10-16(17)19(25)15-8-4-3-5-9-15/h3-11,14H,12-13H2,1-2H3,(H2,22,23,24,27). The van der Waals surface area contributed by atoms with Crippen LogP contribution in [-0.2, 0) is 9.53 Å². The molecule has 0 aromatic heterocycles. The average molecular weight is 382 g/mol. The Morgan fingerprint density at radius 1 is 0.893 bits per heavy atom. The normalized spacial score (nSPS) is 10.2. The van der Waals surface area contributed by atoms with Gasteiger partial charge >= 0.3 is 12.0 Å². The Hall–Kier alpha value is -3.48. The molecule has 3 amide bonds. The van der Waals surface area contributed by atoms with E-state index in [2.05, 4.69) is 10.6 Å². The van der Waals surface area contributed by atoms with Crippen molar-refractivity contribution in [3.63, 3.8) is 0 Å². The number of amides is 3. The second-order valence-electron chi connectivity index (χ2n) is 6.47. The van der Waals surface area contributed by atoms with Gasteiger partial charge in [-0.3, -0.25) is 14.9 Å². The van der Waals surface area contributed by atoms with Gasteiger partial charge in [0.05, 0.1) is 5.56 Å². The SMILES string of the molecule is CC(C)CNC(=O)NC(=O)COC(=O)c1ccccc1C(=O)c1ccccc1. The van der Waals surface area contributed by atoms with Crippen molar-refractivity contribution in [3.8, 4) is 0 Å². The molecule has 0 spiro atoms. The molecule has 0 fully saturated rings. The number of carbonyl (C=O) groups excluding carboxylic acids is 4. The summed E-state index contributed by atoms with van der Waals surface area (Å²) in [5, 5.41) is 4.59. The van der Waals surface area contributed by atoms with Crippen LogP contribution in [0.5, 0.6) is 0 Å². The first-order chi connectivity index (χ1) is 13.4. The van der Waals surface area contributed by atoms with E-state index in [1.807, 2.05) is 13.8 Å². The van der Waals surface area contributed by atoms with Crippen molar-refractivity contribution in [2.24, 2.45) is 5.92 Å². The van der Waals surface area contributed by atoms with E-state index in [0.29, 0.717) is 12.1 Å². The van der Waals surface area contributed by atoms with Gasteiger partial charge in [0.1, 0.15) is 0 Å². The van der Waals surface area contributed by atoms with Crippen molar-refractivity contribution in [1.82, 2.24) is 10.6 Å². The van der Waals surface area contributed by atoms with Crippen LogP contribution >= 0.6 is 0 Å². The minimum absolute atomic E-state index is 0.0495. The molecule has 0 aliphatic carbocycles. The Balaban J connectivity index is 1.99. The first-order valence-corrected chi connectivity index (χ1v) is 8.82. The summed E-state index contributed by atoms with van der Waals surface area (Å²) in [6, 6.07) is 14.1. The molecule has 0 atom stereocenters. The van der Waals surface area contributed by atoms with Gasteiger partial charge in [0, 0.05) is 17.7 Å². The molecule has 7 nitrogen and oxygen atoms in total. The van der Waals surface area contributed by atoms with Crippen molar-refractivity contribution >= 4 is 23.7 Å². The van der Waals surface area contributed by atoms with Crippen LogP contribution in [0.3, 0.4) is 0 Å². The van der Waals surface area contributed by atoms with Gasteiger partial charge < -0.3 is 10.1 Å². The highest BCUT2D eigenvalue weighted by Crippen LogP contribution is 2.15. The summed E-state index contributed by atoms with van der Waals surface area (Å²) in [5.41, 5.74) is 0.657. The first kappa shape index (κ1) is 20.8. The summed E-state index contributed by atoms with van der Waals surface area (Å²) in [5.74, 6) is -1.68. The van der Waals surface area contributed by atoms with Crippen molar-refractivity contribution in [2.75, 3.05) is 13.2 Å². The summed E-state index contributed by atoms with van der Waals surface area (Å²) in [7, 11) is 0. The molecule has 0 aliphatic heterocycles. The Morgan fingerprint density at radius 2 is 1.50 bits per heavy atom. The number of rotatable bonds is 7. The van der Waals surface area contributed by atoms with Gasteiger partial charge in [-0.2, -0.15) is 0 Å². The highest BCUT2D eigenvalue weighted by Gasteiger charge is 2.20. The molecule has 2 rings (SSSR count). The van der Waals surface area contributed by atoms with E-state index in [1.165, 1.54) is 12.1 Å². The topological polar surface area (TPSA) is 102 Å². The van der Waals surface area contributed by atoms with Crippen molar-refractivity contribution in [2.45, 2.75) is 13.8 Å². The zero-order chi connectivity index (χ0) is 20.5. The number of ketones is 1. The zero-order valence-corrected chi connectivity index (χ0v) is 15.7. The third kappa shape index (κ3) is 6.05. The molecule has 146 valence electrons. The van der Waals surface area contributed by atoms with Gasteiger partial charge in [0.2, 0.25) is 0 Å². The lowest BCUT2D eigenvalue weighted by molar-refractivity contribution is -0.123. The molecular formula is C21H22N2O5. The van der Waals surface area contributed by atoms with Crippen LogP contribution in [0.2, 0.25) is 0 Å². The summed E-state index contributed by atoms with van der Waals surface area (Å²) in [6.45, 7) is 3.60. The molecule has 0 radical (unpaired) electrons. The number of nitrogens with one attached hydrogen (secondary N) is 2. The Bertz CT molecular complexity index is 862. The largest absolute Gasteiger partial charge is 0.452 e. The quantitative estimate of drug-likeness (QED) is 0.566. The maximum absolute atomic E-state index is 12.6. The molecule has 0 unspecified atom stereocenters.